The van der Waals surface area contributed by atoms with Gasteiger partial charge in [-0.2, -0.15) is 13.5 Å². The van der Waals surface area contributed by atoms with Gasteiger partial charge in [0.2, 0.25) is 11.8 Å². The number of halogens is 1. The molecule has 1 atom stereocenters. The molecule has 3 N–H and O–H groups in total. The number of likely N-dealkylation sites (tertiary alicyclic amines) is 1. The van der Waals surface area contributed by atoms with E-state index in [-0.39, 0.29) is 43.8 Å². The van der Waals surface area contributed by atoms with Crippen LogP contribution in [0.4, 0.5) is 0 Å². The number of carbonyl (C=O) groups is 2. The van der Waals surface area contributed by atoms with Crippen molar-refractivity contribution in [2.45, 2.75) is 69.9 Å². The second-order valence-corrected chi connectivity index (χ2v) is 12.4. The summed E-state index contributed by atoms with van der Waals surface area (Å²) in [6.07, 6.45) is 8.20. The van der Waals surface area contributed by atoms with Crippen LogP contribution in [0.5, 0.6) is 5.75 Å². The van der Waals surface area contributed by atoms with Crippen molar-refractivity contribution in [3.8, 4) is 16.9 Å². The number of nitrogens with zero attached hydrogens (tertiary/aromatic N) is 1. The number of nitrogens with one attached hydrogen (secondary N) is 1. The smallest absolute Gasteiger partial charge is 0.239 e. The van der Waals surface area contributed by atoms with E-state index in [1.807, 2.05) is 40.6 Å². The third kappa shape index (κ3) is 8.31. The summed E-state index contributed by atoms with van der Waals surface area (Å²) in [4.78, 5) is 30.1. The molecular formula is C33H44ClN3O3S2. The van der Waals surface area contributed by atoms with Gasteiger partial charge in [0.25, 0.3) is 0 Å². The number of nitrogens with two attached hydrogens (primary N) is 1. The number of benzene rings is 2. The molecule has 9 heteroatoms. The zero-order chi connectivity index (χ0) is 28.0. The van der Waals surface area contributed by atoms with E-state index in [0.29, 0.717) is 38.8 Å². The first kappa shape index (κ1) is 34.0. The molecule has 2 amide bonds. The molecule has 1 aliphatic carbocycles. The molecule has 1 saturated carbocycles. The van der Waals surface area contributed by atoms with Gasteiger partial charge in [-0.25, -0.2) is 0 Å². The van der Waals surface area contributed by atoms with Gasteiger partial charge in [0.15, 0.2) is 0 Å². The number of thiophene rings is 1. The lowest BCUT2D eigenvalue weighted by molar-refractivity contribution is -0.141. The Bertz CT molecular complexity index is 1270. The van der Waals surface area contributed by atoms with Gasteiger partial charge >= 0.3 is 0 Å². The summed E-state index contributed by atoms with van der Waals surface area (Å²) in [6, 6.07) is 20.3. The highest BCUT2D eigenvalue weighted by atomic mass is 35.5. The largest absolute Gasteiger partial charge is 0.497 e. The van der Waals surface area contributed by atoms with Crippen LogP contribution in [0.3, 0.4) is 0 Å². The molecule has 42 heavy (non-hydrogen) atoms. The summed E-state index contributed by atoms with van der Waals surface area (Å²) >= 11 is 1.63. The molecule has 2 aliphatic rings. The minimum atomic E-state index is -0.550. The SMILES string of the molecule is COc1cccc(-c2ccc(CC3(C(=O)NC4CCCCC4)CCN(C(=O)[C@@H](N)Cc4cccs4)CC3)cc2)c1.Cl.S. The van der Waals surface area contributed by atoms with Crippen LogP contribution in [-0.2, 0) is 22.4 Å². The fraction of sp³-hybridized carbons (Fsp3) is 0.455. The van der Waals surface area contributed by atoms with E-state index in [1.54, 1.807) is 18.4 Å². The van der Waals surface area contributed by atoms with E-state index in [0.717, 1.165) is 40.2 Å². The predicted molar refractivity (Wildman–Crippen MR) is 179 cm³/mol. The fourth-order valence-corrected chi connectivity index (χ4v) is 6.97. The molecule has 5 rings (SSSR count). The van der Waals surface area contributed by atoms with Crippen LogP contribution in [0.25, 0.3) is 11.1 Å². The molecule has 6 nitrogen and oxygen atoms in total. The van der Waals surface area contributed by atoms with Gasteiger partial charge in [-0.15, -0.1) is 23.7 Å². The van der Waals surface area contributed by atoms with Gasteiger partial charge in [-0.1, -0.05) is 61.7 Å². The average molecular weight is 630 g/mol. The Morgan fingerprint density at radius 1 is 1.02 bits per heavy atom. The maximum atomic E-state index is 13.9. The molecule has 2 fully saturated rings. The third-order valence-electron chi connectivity index (χ3n) is 8.67. The van der Waals surface area contributed by atoms with Crippen LogP contribution in [-0.4, -0.2) is 49.0 Å². The summed E-state index contributed by atoms with van der Waals surface area (Å²) in [5, 5.41) is 5.43. The van der Waals surface area contributed by atoms with Crippen molar-refractivity contribution in [1.29, 1.82) is 0 Å². The molecule has 0 bridgehead atoms. The van der Waals surface area contributed by atoms with Crippen LogP contribution >= 0.6 is 37.2 Å². The number of rotatable bonds is 9. The highest BCUT2D eigenvalue weighted by Gasteiger charge is 2.43. The molecule has 2 heterocycles. The number of piperidine rings is 1. The van der Waals surface area contributed by atoms with Crippen molar-refractivity contribution < 1.29 is 14.3 Å². The third-order valence-corrected chi connectivity index (χ3v) is 9.57. The second kappa shape index (κ2) is 15.8. The molecule has 0 unspecified atom stereocenters. The topological polar surface area (TPSA) is 84.7 Å². The van der Waals surface area contributed by atoms with Crippen LogP contribution in [0, 0.1) is 5.41 Å². The first-order valence-corrected chi connectivity index (χ1v) is 15.4. The number of ether oxygens (including phenoxy) is 1. The van der Waals surface area contributed by atoms with Crippen LogP contribution in [0.1, 0.15) is 55.4 Å². The van der Waals surface area contributed by atoms with E-state index in [9.17, 15) is 9.59 Å². The Balaban J connectivity index is 0.00000242. The lowest BCUT2D eigenvalue weighted by Gasteiger charge is -2.42. The molecular weight excluding hydrogens is 586 g/mol. The number of hydrogen-bond donors (Lipinski definition) is 2. The Kier molecular flexibility index (Phi) is 12.8. The normalized spacial score (nSPS) is 17.3. The van der Waals surface area contributed by atoms with Crippen molar-refractivity contribution in [3.63, 3.8) is 0 Å². The summed E-state index contributed by atoms with van der Waals surface area (Å²) in [6.45, 7) is 1.11. The maximum Gasteiger partial charge on any atom is 0.239 e. The Morgan fingerprint density at radius 2 is 1.74 bits per heavy atom. The molecule has 1 aliphatic heterocycles. The highest BCUT2D eigenvalue weighted by Crippen LogP contribution is 2.37. The maximum absolute atomic E-state index is 13.9. The lowest BCUT2D eigenvalue weighted by atomic mass is 9.72. The summed E-state index contributed by atoms with van der Waals surface area (Å²) in [5.41, 5.74) is 9.14. The Labute approximate surface area is 267 Å². The van der Waals surface area contributed by atoms with Gasteiger partial charge < -0.3 is 20.7 Å². The molecule has 0 spiro atoms. The lowest BCUT2D eigenvalue weighted by Crippen LogP contribution is -2.55. The number of amides is 2. The zero-order valence-corrected chi connectivity index (χ0v) is 27.0. The van der Waals surface area contributed by atoms with Crippen molar-refractivity contribution in [1.82, 2.24) is 10.2 Å². The Hall–Kier alpha value is -2.52. The van der Waals surface area contributed by atoms with Crippen molar-refractivity contribution in [2.75, 3.05) is 20.2 Å². The van der Waals surface area contributed by atoms with Gasteiger partial charge in [-0.05, 0) is 72.4 Å². The van der Waals surface area contributed by atoms with Crippen LogP contribution < -0.4 is 15.8 Å². The Morgan fingerprint density at radius 3 is 2.38 bits per heavy atom. The van der Waals surface area contributed by atoms with Gasteiger partial charge in [0, 0.05) is 30.4 Å². The van der Waals surface area contributed by atoms with E-state index < -0.39 is 11.5 Å². The van der Waals surface area contributed by atoms with Crippen LogP contribution in [0.15, 0.2) is 66.0 Å². The number of hydrogen-bond acceptors (Lipinski definition) is 5. The average Bonchev–Trinajstić information content (AvgIpc) is 3.51. The molecule has 1 aromatic heterocycles. The van der Waals surface area contributed by atoms with Gasteiger partial charge in [-0.3, -0.25) is 9.59 Å². The zero-order valence-electron chi connectivity index (χ0n) is 24.3. The van der Waals surface area contributed by atoms with Crippen molar-refractivity contribution in [3.05, 3.63) is 76.5 Å². The fourth-order valence-electron chi connectivity index (χ4n) is 6.20. The van der Waals surface area contributed by atoms with E-state index >= 15 is 0 Å². The van der Waals surface area contributed by atoms with Gasteiger partial charge in [0.1, 0.15) is 5.75 Å². The van der Waals surface area contributed by atoms with E-state index in [4.69, 9.17) is 10.5 Å². The van der Waals surface area contributed by atoms with E-state index in [2.05, 4.69) is 35.6 Å². The second-order valence-electron chi connectivity index (χ2n) is 11.4. The summed E-state index contributed by atoms with van der Waals surface area (Å²) in [7, 11) is 1.68. The monoisotopic (exact) mass is 629 g/mol. The summed E-state index contributed by atoms with van der Waals surface area (Å²) < 4.78 is 5.39. The number of methoxy groups -OCH3 is 1. The predicted octanol–water partition coefficient (Wildman–Crippen LogP) is 6.13. The highest BCUT2D eigenvalue weighted by molar-refractivity contribution is 7.59. The minimum Gasteiger partial charge on any atom is -0.497 e. The first-order chi connectivity index (χ1) is 19.5. The minimum absolute atomic E-state index is 0. The van der Waals surface area contributed by atoms with Crippen molar-refractivity contribution >= 4 is 49.1 Å². The molecule has 0 radical (unpaired) electrons. The quantitative estimate of drug-likeness (QED) is 0.298. The first-order valence-electron chi connectivity index (χ1n) is 14.6. The molecule has 1 saturated heterocycles. The van der Waals surface area contributed by atoms with Crippen LogP contribution in [0.2, 0.25) is 0 Å². The number of carbonyl (C=O) groups excluding carboxylic acids is 2. The molecule has 228 valence electrons. The van der Waals surface area contributed by atoms with E-state index in [1.165, 1.54) is 19.3 Å². The van der Waals surface area contributed by atoms with Crippen molar-refractivity contribution in [2.24, 2.45) is 11.1 Å². The van der Waals surface area contributed by atoms with Gasteiger partial charge in [0.05, 0.1) is 18.6 Å². The summed E-state index contributed by atoms with van der Waals surface area (Å²) in [5.74, 6) is 0.958. The molecule has 3 aromatic rings. The standard InChI is InChI=1S/C33H41N3O3S.ClH.H2S/c1-39-28-10-5-7-26(21-28)25-14-12-24(13-15-25)23-33(32(38)35-27-8-3-2-4-9-27)16-18-36(19-17-33)31(37)30(34)22-29-11-6-20-40-29;;/h5-7,10-15,20-21,27,30H,2-4,8-9,16-19,22-23,34H2,1H3,(H,35,38);1H;1H2/t30-;;/m0../s1. The molecule has 2 aromatic carbocycles.